The van der Waals surface area contributed by atoms with Gasteiger partial charge in [0.15, 0.2) is 0 Å². The Hall–Kier alpha value is -1.59. The van der Waals surface area contributed by atoms with Crippen LogP contribution in [-0.2, 0) is 20.7 Å². The number of thioether (sulfide) groups is 1. The predicted molar refractivity (Wildman–Crippen MR) is 83.4 cm³/mol. The summed E-state index contributed by atoms with van der Waals surface area (Å²) >= 11 is 1.63. The third kappa shape index (κ3) is 3.19. The van der Waals surface area contributed by atoms with Gasteiger partial charge >= 0.3 is 5.97 Å². The Balaban J connectivity index is 1.79. The molecule has 0 radical (unpaired) electrons. The molecule has 0 saturated heterocycles. The lowest BCUT2D eigenvalue weighted by Crippen LogP contribution is -2.43. The van der Waals surface area contributed by atoms with Gasteiger partial charge in [0.2, 0.25) is 0 Å². The highest BCUT2D eigenvalue weighted by atomic mass is 32.2. The summed E-state index contributed by atoms with van der Waals surface area (Å²) in [6.45, 7) is 2.22. The molecule has 0 aliphatic carbocycles. The van der Waals surface area contributed by atoms with Crippen molar-refractivity contribution >= 4 is 22.8 Å². The van der Waals surface area contributed by atoms with Crippen molar-refractivity contribution in [1.29, 1.82) is 0 Å². The first-order valence-corrected chi connectivity index (χ1v) is 7.78. The summed E-state index contributed by atoms with van der Waals surface area (Å²) in [6, 6.07) is 10.2. The highest BCUT2D eigenvalue weighted by Crippen LogP contribution is 2.40. The highest BCUT2D eigenvalue weighted by Gasteiger charge is 2.46. The fourth-order valence-corrected chi connectivity index (χ4v) is 3.71. The number of nitrogens with zero attached hydrogens (tertiary/aromatic N) is 1. The summed E-state index contributed by atoms with van der Waals surface area (Å²) in [6.07, 6.45) is 4.73. The number of aliphatic imine (C=N–C) groups is 1. The van der Waals surface area contributed by atoms with Gasteiger partial charge in [0.25, 0.3) is 0 Å². The van der Waals surface area contributed by atoms with Gasteiger partial charge in [-0.05, 0) is 5.56 Å². The second kappa shape index (κ2) is 6.03. The number of esters is 1. The van der Waals surface area contributed by atoms with E-state index in [1.165, 1.54) is 12.5 Å². The number of rotatable bonds is 4. The van der Waals surface area contributed by atoms with E-state index in [0.29, 0.717) is 6.61 Å². The topological polar surface area (TPSA) is 47.9 Å². The summed E-state index contributed by atoms with van der Waals surface area (Å²) in [7, 11) is 0. The van der Waals surface area contributed by atoms with E-state index < -0.39 is 5.54 Å². The molecule has 0 aromatic heterocycles. The molecule has 0 amide bonds. The lowest BCUT2D eigenvalue weighted by molar-refractivity contribution is -0.143. The van der Waals surface area contributed by atoms with Crippen molar-refractivity contribution in [1.82, 2.24) is 0 Å². The van der Waals surface area contributed by atoms with E-state index in [1.54, 1.807) is 11.8 Å². The monoisotopic (exact) mass is 303 g/mol. The number of carbonyl (C=O) groups excluding carboxylic acids is 1. The summed E-state index contributed by atoms with van der Waals surface area (Å²) in [5.74, 6) is -0.293. The first-order valence-electron chi connectivity index (χ1n) is 6.90. The predicted octanol–water partition coefficient (Wildman–Crippen LogP) is 2.59. The van der Waals surface area contributed by atoms with Crippen molar-refractivity contribution in [3.05, 3.63) is 48.0 Å². The molecule has 2 heterocycles. The number of ether oxygens (including phenoxy) is 2. The normalized spacial score (nSPS) is 27.1. The fraction of sp³-hybridized carbons (Fsp3) is 0.375. The second-order valence-electron chi connectivity index (χ2n) is 5.12. The maximum Gasteiger partial charge on any atom is 0.302 e. The number of fused-ring (bicyclic) bond motifs is 1. The van der Waals surface area contributed by atoms with Crippen LogP contribution < -0.4 is 0 Å². The quantitative estimate of drug-likeness (QED) is 0.633. The van der Waals surface area contributed by atoms with Gasteiger partial charge in [0.05, 0.1) is 11.7 Å². The molecule has 0 bridgehead atoms. The van der Waals surface area contributed by atoms with Crippen molar-refractivity contribution in [2.24, 2.45) is 4.99 Å². The van der Waals surface area contributed by atoms with Gasteiger partial charge in [-0.15, -0.1) is 0 Å². The maximum atomic E-state index is 11.1. The Morgan fingerprint density at radius 2 is 2.29 bits per heavy atom. The van der Waals surface area contributed by atoms with Gasteiger partial charge in [-0.2, -0.15) is 0 Å². The molecule has 5 heteroatoms. The van der Waals surface area contributed by atoms with Crippen LogP contribution in [0, 0.1) is 0 Å². The lowest BCUT2D eigenvalue weighted by atomic mass is 10.0. The lowest BCUT2D eigenvalue weighted by Gasteiger charge is -2.31. The summed E-state index contributed by atoms with van der Waals surface area (Å²) in [4.78, 5) is 15.9. The minimum absolute atomic E-state index is 0.111. The molecule has 1 aromatic carbocycles. The first kappa shape index (κ1) is 14.4. The van der Waals surface area contributed by atoms with Crippen LogP contribution in [0.1, 0.15) is 12.5 Å². The SMILES string of the molecule is CC(=O)OCC12C=CCOC1SC(Cc1ccccc1)=N2. The maximum absolute atomic E-state index is 11.1. The molecule has 2 atom stereocenters. The Bertz CT molecular complexity index is 584. The second-order valence-corrected chi connectivity index (χ2v) is 6.26. The van der Waals surface area contributed by atoms with Crippen LogP contribution in [0.2, 0.25) is 0 Å². The number of benzene rings is 1. The zero-order valence-corrected chi connectivity index (χ0v) is 12.6. The molecule has 2 aliphatic rings. The van der Waals surface area contributed by atoms with Crippen LogP contribution in [0.25, 0.3) is 0 Å². The number of hydrogen-bond donors (Lipinski definition) is 0. The molecule has 2 unspecified atom stereocenters. The van der Waals surface area contributed by atoms with E-state index in [0.717, 1.165) is 11.5 Å². The average molecular weight is 303 g/mol. The smallest absolute Gasteiger partial charge is 0.302 e. The zero-order chi connectivity index (χ0) is 14.7. The molecule has 0 saturated carbocycles. The minimum atomic E-state index is -0.571. The first-order chi connectivity index (χ1) is 10.2. The van der Waals surface area contributed by atoms with Gasteiger partial charge in [-0.3, -0.25) is 9.79 Å². The van der Waals surface area contributed by atoms with Gasteiger partial charge in [0.1, 0.15) is 17.6 Å². The molecule has 4 nitrogen and oxygen atoms in total. The molecule has 0 N–H and O–H groups in total. The molecular formula is C16H17NO3S. The van der Waals surface area contributed by atoms with Crippen LogP contribution in [0.3, 0.4) is 0 Å². The molecular weight excluding hydrogens is 286 g/mol. The molecule has 0 spiro atoms. The van der Waals surface area contributed by atoms with E-state index in [-0.39, 0.29) is 18.0 Å². The van der Waals surface area contributed by atoms with E-state index in [1.807, 2.05) is 30.4 Å². The third-order valence-electron chi connectivity index (χ3n) is 3.44. The molecule has 110 valence electrons. The fourth-order valence-electron chi connectivity index (χ4n) is 2.44. The minimum Gasteiger partial charge on any atom is -0.463 e. The van der Waals surface area contributed by atoms with Gasteiger partial charge in [-0.1, -0.05) is 54.2 Å². The Morgan fingerprint density at radius 1 is 1.48 bits per heavy atom. The van der Waals surface area contributed by atoms with Crippen LogP contribution in [0.4, 0.5) is 0 Å². The molecule has 21 heavy (non-hydrogen) atoms. The van der Waals surface area contributed by atoms with E-state index in [2.05, 4.69) is 12.1 Å². The van der Waals surface area contributed by atoms with Crippen molar-refractivity contribution in [3.8, 4) is 0 Å². The van der Waals surface area contributed by atoms with Crippen molar-refractivity contribution in [2.75, 3.05) is 13.2 Å². The van der Waals surface area contributed by atoms with Crippen LogP contribution in [0.5, 0.6) is 0 Å². The molecule has 0 fully saturated rings. The largest absolute Gasteiger partial charge is 0.463 e. The van der Waals surface area contributed by atoms with E-state index >= 15 is 0 Å². The van der Waals surface area contributed by atoms with Crippen molar-refractivity contribution < 1.29 is 14.3 Å². The Kier molecular flexibility index (Phi) is 4.12. The van der Waals surface area contributed by atoms with Crippen LogP contribution in [0.15, 0.2) is 47.5 Å². The van der Waals surface area contributed by atoms with Gasteiger partial charge in [-0.25, -0.2) is 0 Å². The molecule has 1 aromatic rings. The number of hydrogen-bond acceptors (Lipinski definition) is 5. The van der Waals surface area contributed by atoms with Gasteiger partial charge < -0.3 is 9.47 Å². The molecule has 3 rings (SSSR count). The van der Waals surface area contributed by atoms with Crippen LogP contribution in [-0.4, -0.2) is 35.2 Å². The highest BCUT2D eigenvalue weighted by molar-refractivity contribution is 8.14. The summed E-state index contributed by atoms with van der Waals surface area (Å²) in [5.41, 5.74) is 0.535. The van der Waals surface area contributed by atoms with E-state index in [9.17, 15) is 4.79 Å². The standard InChI is InChI=1S/C16H17NO3S/c1-12(18)20-11-16-8-5-9-19-15(16)21-14(17-16)10-13-6-3-2-4-7-13/h2-8,15H,9-11H2,1H3. The summed E-state index contributed by atoms with van der Waals surface area (Å²) < 4.78 is 11.0. The zero-order valence-electron chi connectivity index (χ0n) is 11.8. The third-order valence-corrected chi connectivity index (χ3v) is 4.71. The number of carbonyl (C=O) groups is 1. The Morgan fingerprint density at radius 3 is 3.05 bits per heavy atom. The Labute approximate surface area is 128 Å². The molecule has 2 aliphatic heterocycles. The van der Waals surface area contributed by atoms with Gasteiger partial charge in [0, 0.05) is 13.3 Å². The average Bonchev–Trinajstić information content (AvgIpc) is 2.84. The van der Waals surface area contributed by atoms with Crippen molar-refractivity contribution in [3.63, 3.8) is 0 Å². The summed E-state index contributed by atoms with van der Waals surface area (Å²) in [5, 5.41) is 1.02. The van der Waals surface area contributed by atoms with Crippen LogP contribution >= 0.6 is 11.8 Å². The van der Waals surface area contributed by atoms with Crippen molar-refractivity contribution in [2.45, 2.75) is 24.3 Å². The van der Waals surface area contributed by atoms with E-state index in [4.69, 9.17) is 14.5 Å².